The smallest absolute Gasteiger partial charge is 0.138 e. The lowest BCUT2D eigenvalue weighted by atomic mass is 9.76. The van der Waals surface area contributed by atoms with Crippen LogP contribution in [0.5, 0.6) is 0 Å². The fourth-order valence-corrected chi connectivity index (χ4v) is 3.42. The van der Waals surface area contributed by atoms with Gasteiger partial charge in [-0.15, -0.1) is 0 Å². The number of rotatable bonds is 3. The Kier molecular flexibility index (Phi) is 4.52. The van der Waals surface area contributed by atoms with E-state index in [-0.39, 0.29) is 0 Å². The summed E-state index contributed by atoms with van der Waals surface area (Å²) in [5.74, 6) is 1.63. The summed E-state index contributed by atoms with van der Waals surface area (Å²) < 4.78 is 1.89. The van der Waals surface area contributed by atoms with Crippen LogP contribution in [0.2, 0.25) is 0 Å². The first-order valence-electron chi connectivity index (χ1n) is 7.93. The summed E-state index contributed by atoms with van der Waals surface area (Å²) in [6.45, 7) is 9.82. The molecule has 0 saturated heterocycles. The summed E-state index contributed by atoms with van der Waals surface area (Å²) in [5, 5.41) is 15.1. The SMILES string of the molecule is CCn1ncnc1CC1(O)CCCC(C(C)(C)C)CC1. The van der Waals surface area contributed by atoms with Crippen LogP contribution in [0.3, 0.4) is 0 Å². The van der Waals surface area contributed by atoms with Gasteiger partial charge in [-0.25, -0.2) is 4.98 Å². The lowest BCUT2D eigenvalue weighted by molar-refractivity contribution is 0.0197. The van der Waals surface area contributed by atoms with Gasteiger partial charge in [0.25, 0.3) is 0 Å². The number of aromatic nitrogens is 3. The molecule has 4 nitrogen and oxygen atoms in total. The predicted molar refractivity (Wildman–Crippen MR) is 80.4 cm³/mol. The van der Waals surface area contributed by atoms with Gasteiger partial charge in [0, 0.05) is 13.0 Å². The Bertz CT molecular complexity index is 435. The normalized spacial score (nSPS) is 28.4. The Hall–Kier alpha value is -0.900. The van der Waals surface area contributed by atoms with Crippen molar-refractivity contribution in [2.24, 2.45) is 11.3 Å². The third-order valence-electron chi connectivity index (χ3n) is 4.86. The molecule has 0 aromatic carbocycles. The average Bonchev–Trinajstić information content (AvgIpc) is 2.68. The molecule has 114 valence electrons. The van der Waals surface area contributed by atoms with E-state index in [0.29, 0.717) is 17.8 Å². The quantitative estimate of drug-likeness (QED) is 0.864. The van der Waals surface area contributed by atoms with Crippen molar-refractivity contribution in [2.45, 2.75) is 78.4 Å². The summed E-state index contributed by atoms with van der Waals surface area (Å²) in [4.78, 5) is 4.32. The summed E-state index contributed by atoms with van der Waals surface area (Å²) in [6.07, 6.45) is 7.45. The first-order valence-corrected chi connectivity index (χ1v) is 7.93. The molecule has 20 heavy (non-hydrogen) atoms. The van der Waals surface area contributed by atoms with E-state index in [1.807, 2.05) is 4.68 Å². The van der Waals surface area contributed by atoms with E-state index in [1.165, 1.54) is 6.42 Å². The van der Waals surface area contributed by atoms with Crippen molar-refractivity contribution in [1.82, 2.24) is 14.8 Å². The fourth-order valence-electron chi connectivity index (χ4n) is 3.42. The molecule has 2 rings (SSSR count). The second kappa shape index (κ2) is 5.84. The Morgan fingerprint density at radius 3 is 2.75 bits per heavy atom. The zero-order chi connectivity index (χ0) is 14.8. The Morgan fingerprint density at radius 1 is 1.35 bits per heavy atom. The van der Waals surface area contributed by atoms with Gasteiger partial charge in [-0.1, -0.05) is 27.2 Å². The average molecular weight is 279 g/mol. The second-order valence-electron chi connectivity index (χ2n) is 7.39. The van der Waals surface area contributed by atoms with Gasteiger partial charge in [-0.2, -0.15) is 5.10 Å². The van der Waals surface area contributed by atoms with Crippen molar-refractivity contribution >= 4 is 0 Å². The summed E-state index contributed by atoms with van der Waals surface area (Å²) in [7, 11) is 0. The maximum Gasteiger partial charge on any atom is 0.138 e. The largest absolute Gasteiger partial charge is 0.389 e. The zero-order valence-electron chi connectivity index (χ0n) is 13.4. The molecule has 1 heterocycles. The van der Waals surface area contributed by atoms with Crippen molar-refractivity contribution in [3.05, 3.63) is 12.2 Å². The molecule has 0 aliphatic heterocycles. The topological polar surface area (TPSA) is 50.9 Å². The van der Waals surface area contributed by atoms with Crippen LogP contribution in [0.1, 0.15) is 65.6 Å². The van der Waals surface area contributed by atoms with Crippen LogP contribution in [0.25, 0.3) is 0 Å². The Morgan fingerprint density at radius 2 is 2.10 bits per heavy atom. The van der Waals surface area contributed by atoms with Crippen LogP contribution in [0, 0.1) is 11.3 Å². The molecule has 0 radical (unpaired) electrons. The maximum atomic E-state index is 10.9. The van der Waals surface area contributed by atoms with Crippen molar-refractivity contribution in [1.29, 1.82) is 0 Å². The highest BCUT2D eigenvalue weighted by Gasteiger charge is 2.35. The minimum Gasteiger partial charge on any atom is -0.389 e. The number of aryl methyl sites for hydroxylation is 1. The van der Waals surface area contributed by atoms with E-state index in [1.54, 1.807) is 6.33 Å². The van der Waals surface area contributed by atoms with Gasteiger partial charge in [-0.05, 0) is 43.9 Å². The van der Waals surface area contributed by atoms with E-state index in [9.17, 15) is 5.11 Å². The fraction of sp³-hybridized carbons (Fsp3) is 0.875. The van der Waals surface area contributed by atoms with E-state index < -0.39 is 5.60 Å². The van der Waals surface area contributed by atoms with Crippen molar-refractivity contribution in [3.63, 3.8) is 0 Å². The highest BCUT2D eigenvalue weighted by atomic mass is 16.3. The molecule has 0 amide bonds. The van der Waals surface area contributed by atoms with Crippen molar-refractivity contribution in [3.8, 4) is 0 Å². The third kappa shape index (κ3) is 3.60. The molecule has 1 fully saturated rings. The van der Waals surface area contributed by atoms with Crippen LogP contribution >= 0.6 is 0 Å². The number of nitrogens with zero attached hydrogens (tertiary/aromatic N) is 3. The molecule has 4 heteroatoms. The maximum absolute atomic E-state index is 10.9. The monoisotopic (exact) mass is 279 g/mol. The Labute approximate surface area is 122 Å². The van der Waals surface area contributed by atoms with Crippen LogP contribution in [-0.4, -0.2) is 25.5 Å². The van der Waals surface area contributed by atoms with Crippen LogP contribution in [0.4, 0.5) is 0 Å². The first-order chi connectivity index (χ1) is 9.34. The molecule has 1 saturated carbocycles. The molecule has 2 unspecified atom stereocenters. The highest BCUT2D eigenvalue weighted by Crippen LogP contribution is 2.40. The number of hydrogen-bond donors (Lipinski definition) is 1. The van der Waals surface area contributed by atoms with Gasteiger partial charge in [0.2, 0.25) is 0 Å². The lowest BCUT2D eigenvalue weighted by Crippen LogP contribution is -2.32. The van der Waals surface area contributed by atoms with Gasteiger partial charge in [0.1, 0.15) is 12.2 Å². The molecule has 2 atom stereocenters. The van der Waals surface area contributed by atoms with Gasteiger partial charge < -0.3 is 5.11 Å². The van der Waals surface area contributed by atoms with Gasteiger partial charge in [0.15, 0.2) is 0 Å². The van der Waals surface area contributed by atoms with Crippen LogP contribution in [-0.2, 0) is 13.0 Å². The number of hydrogen-bond acceptors (Lipinski definition) is 3. The first kappa shape index (κ1) is 15.5. The third-order valence-corrected chi connectivity index (χ3v) is 4.86. The van der Waals surface area contributed by atoms with E-state index >= 15 is 0 Å². The molecule has 1 N–H and O–H groups in total. The molecule has 0 spiro atoms. The van der Waals surface area contributed by atoms with Gasteiger partial charge in [-0.3, -0.25) is 4.68 Å². The summed E-state index contributed by atoms with van der Waals surface area (Å²) in [5.41, 5.74) is -0.255. The zero-order valence-corrected chi connectivity index (χ0v) is 13.4. The molecule has 0 bridgehead atoms. The summed E-state index contributed by atoms with van der Waals surface area (Å²) in [6, 6.07) is 0. The van der Waals surface area contributed by atoms with Crippen molar-refractivity contribution < 1.29 is 5.11 Å². The lowest BCUT2D eigenvalue weighted by Gasteiger charge is -2.30. The minimum absolute atomic E-state index is 0.342. The highest BCUT2D eigenvalue weighted by molar-refractivity contribution is 4.96. The Balaban J connectivity index is 2.04. The van der Waals surface area contributed by atoms with Crippen LogP contribution < -0.4 is 0 Å². The molecule has 1 aromatic heterocycles. The molecule has 1 aliphatic carbocycles. The van der Waals surface area contributed by atoms with Gasteiger partial charge >= 0.3 is 0 Å². The van der Waals surface area contributed by atoms with Gasteiger partial charge in [0.05, 0.1) is 5.60 Å². The van der Waals surface area contributed by atoms with E-state index in [2.05, 4.69) is 37.8 Å². The van der Waals surface area contributed by atoms with E-state index in [0.717, 1.165) is 38.1 Å². The molecular formula is C16H29N3O. The minimum atomic E-state index is -0.597. The van der Waals surface area contributed by atoms with Crippen LogP contribution in [0.15, 0.2) is 6.33 Å². The second-order valence-corrected chi connectivity index (χ2v) is 7.39. The summed E-state index contributed by atoms with van der Waals surface area (Å²) >= 11 is 0. The molecule has 1 aliphatic rings. The van der Waals surface area contributed by atoms with E-state index in [4.69, 9.17) is 0 Å². The molecule has 1 aromatic rings. The standard InChI is InChI=1S/C16H29N3O/c1-5-19-14(17-12-18-19)11-16(20)9-6-7-13(8-10-16)15(2,3)4/h12-13,20H,5-11H2,1-4H3. The predicted octanol–water partition coefficient (Wildman–Crippen LogP) is 3.20. The number of aliphatic hydroxyl groups is 1. The van der Waals surface area contributed by atoms with Crippen molar-refractivity contribution in [2.75, 3.05) is 0 Å². The molecular weight excluding hydrogens is 250 g/mol.